The molecule has 4 heteroatoms. The summed E-state index contributed by atoms with van der Waals surface area (Å²) in [6.45, 7) is 5.79. The van der Waals surface area contributed by atoms with Gasteiger partial charge in [0.15, 0.2) is 0 Å². The number of rotatable bonds is 1. The van der Waals surface area contributed by atoms with Crippen molar-refractivity contribution in [3.63, 3.8) is 0 Å². The van der Waals surface area contributed by atoms with Crippen LogP contribution in [0.25, 0.3) is 0 Å². The molecule has 2 aromatic rings. The molecule has 18 heavy (non-hydrogen) atoms. The summed E-state index contributed by atoms with van der Waals surface area (Å²) in [5, 5.41) is 3.41. The summed E-state index contributed by atoms with van der Waals surface area (Å²) in [5.74, 6) is 1.80. The third-order valence-corrected chi connectivity index (χ3v) is 3.07. The van der Waals surface area contributed by atoms with Crippen LogP contribution in [0.3, 0.4) is 0 Å². The Kier molecular flexibility index (Phi) is 2.63. The van der Waals surface area contributed by atoms with Gasteiger partial charge in [-0.25, -0.2) is 9.97 Å². The van der Waals surface area contributed by atoms with Crippen molar-refractivity contribution in [2.75, 3.05) is 23.3 Å². The zero-order chi connectivity index (χ0) is 12.5. The minimum Gasteiger partial charge on any atom is -0.382 e. The van der Waals surface area contributed by atoms with Crippen LogP contribution in [0.1, 0.15) is 11.5 Å². The van der Waals surface area contributed by atoms with Crippen molar-refractivity contribution in [3.05, 3.63) is 41.9 Å². The molecule has 0 fully saturated rings. The number of para-hydroxylation sites is 2. The average molecular weight is 240 g/mol. The Morgan fingerprint density at radius 3 is 2.83 bits per heavy atom. The molecule has 0 atom stereocenters. The lowest BCUT2D eigenvalue weighted by Crippen LogP contribution is -2.30. The van der Waals surface area contributed by atoms with E-state index >= 15 is 0 Å². The Labute approximate surface area is 107 Å². The molecule has 0 bridgehead atoms. The first-order valence-corrected chi connectivity index (χ1v) is 6.17. The Bertz CT molecular complexity index is 560. The van der Waals surface area contributed by atoms with Crippen molar-refractivity contribution in [2.45, 2.75) is 13.8 Å². The normalized spacial score (nSPS) is 14.0. The van der Waals surface area contributed by atoms with E-state index in [4.69, 9.17) is 0 Å². The van der Waals surface area contributed by atoms with Crippen LogP contribution in [0.2, 0.25) is 0 Å². The lowest BCUT2D eigenvalue weighted by atomic mass is 10.2. The van der Waals surface area contributed by atoms with Crippen molar-refractivity contribution < 1.29 is 0 Å². The summed E-state index contributed by atoms with van der Waals surface area (Å²) in [7, 11) is 0. The lowest BCUT2D eigenvalue weighted by molar-refractivity contribution is 0.885. The van der Waals surface area contributed by atoms with Crippen LogP contribution in [0.5, 0.6) is 0 Å². The van der Waals surface area contributed by atoms with E-state index in [9.17, 15) is 0 Å². The number of anilines is 3. The predicted molar refractivity (Wildman–Crippen MR) is 73.4 cm³/mol. The Morgan fingerprint density at radius 2 is 2.00 bits per heavy atom. The zero-order valence-electron chi connectivity index (χ0n) is 10.6. The first-order chi connectivity index (χ1) is 8.74. The van der Waals surface area contributed by atoms with Crippen LogP contribution < -0.4 is 10.2 Å². The third-order valence-electron chi connectivity index (χ3n) is 3.07. The summed E-state index contributed by atoms with van der Waals surface area (Å²) in [6.07, 6.45) is 0. The largest absolute Gasteiger partial charge is 0.382 e. The second-order valence-electron chi connectivity index (χ2n) is 4.51. The van der Waals surface area contributed by atoms with Crippen molar-refractivity contribution in [1.29, 1.82) is 0 Å². The van der Waals surface area contributed by atoms with E-state index in [0.29, 0.717) is 0 Å². The molecule has 0 unspecified atom stereocenters. The molecular weight excluding hydrogens is 224 g/mol. The summed E-state index contributed by atoms with van der Waals surface area (Å²) in [5.41, 5.74) is 3.35. The maximum atomic E-state index is 4.54. The van der Waals surface area contributed by atoms with Crippen LogP contribution in [0.4, 0.5) is 17.2 Å². The highest BCUT2D eigenvalue weighted by atomic mass is 15.2. The SMILES string of the molecule is Cc1cc(N2CCNc3ccccc32)nc(C)n1. The number of fused-ring (bicyclic) bond motifs is 1. The van der Waals surface area contributed by atoms with Gasteiger partial charge in [0.05, 0.1) is 11.4 Å². The van der Waals surface area contributed by atoms with Gasteiger partial charge in [-0.1, -0.05) is 12.1 Å². The third kappa shape index (κ3) is 1.90. The summed E-state index contributed by atoms with van der Waals surface area (Å²) in [4.78, 5) is 11.1. The van der Waals surface area contributed by atoms with Gasteiger partial charge in [0.1, 0.15) is 11.6 Å². The average Bonchev–Trinajstić information content (AvgIpc) is 2.37. The molecule has 1 aliphatic rings. The van der Waals surface area contributed by atoms with Crippen molar-refractivity contribution in [2.24, 2.45) is 0 Å². The van der Waals surface area contributed by atoms with Crippen LogP contribution in [0.15, 0.2) is 30.3 Å². The molecule has 4 nitrogen and oxygen atoms in total. The number of hydrogen-bond donors (Lipinski definition) is 1. The highest BCUT2D eigenvalue weighted by molar-refractivity contribution is 5.77. The maximum absolute atomic E-state index is 4.54. The van der Waals surface area contributed by atoms with Gasteiger partial charge in [-0.2, -0.15) is 0 Å². The number of aryl methyl sites for hydroxylation is 2. The first-order valence-electron chi connectivity index (χ1n) is 6.17. The minimum atomic E-state index is 0.820. The molecule has 92 valence electrons. The molecule has 0 radical (unpaired) electrons. The van der Waals surface area contributed by atoms with Crippen molar-refractivity contribution >= 4 is 17.2 Å². The topological polar surface area (TPSA) is 41.0 Å². The fourth-order valence-electron chi connectivity index (χ4n) is 2.35. The van der Waals surface area contributed by atoms with Gasteiger partial charge in [-0.05, 0) is 26.0 Å². The molecule has 0 aliphatic carbocycles. The van der Waals surface area contributed by atoms with Gasteiger partial charge in [-0.15, -0.1) is 0 Å². The van der Waals surface area contributed by atoms with Gasteiger partial charge < -0.3 is 10.2 Å². The number of hydrogen-bond acceptors (Lipinski definition) is 4. The van der Waals surface area contributed by atoms with Gasteiger partial charge in [0.2, 0.25) is 0 Å². The van der Waals surface area contributed by atoms with E-state index < -0.39 is 0 Å². The van der Waals surface area contributed by atoms with Gasteiger partial charge in [0, 0.05) is 24.8 Å². The summed E-state index contributed by atoms with van der Waals surface area (Å²) < 4.78 is 0. The van der Waals surface area contributed by atoms with Crippen molar-refractivity contribution in [1.82, 2.24) is 9.97 Å². The molecule has 1 aromatic carbocycles. The number of nitrogens with one attached hydrogen (secondary N) is 1. The highest BCUT2D eigenvalue weighted by Gasteiger charge is 2.18. The Balaban J connectivity index is 2.08. The monoisotopic (exact) mass is 240 g/mol. The Hall–Kier alpha value is -2.10. The van der Waals surface area contributed by atoms with E-state index in [1.54, 1.807) is 0 Å². The quantitative estimate of drug-likeness (QED) is 0.832. The van der Waals surface area contributed by atoms with Crippen LogP contribution in [-0.2, 0) is 0 Å². The maximum Gasteiger partial charge on any atom is 0.137 e. The highest BCUT2D eigenvalue weighted by Crippen LogP contribution is 2.33. The molecule has 0 saturated heterocycles. The fraction of sp³-hybridized carbons (Fsp3) is 0.286. The van der Waals surface area contributed by atoms with Gasteiger partial charge >= 0.3 is 0 Å². The number of benzene rings is 1. The van der Waals surface area contributed by atoms with E-state index in [-0.39, 0.29) is 0 Å². The molecule has 0 amide bonds. The standard InChI is InChI=1S/C14H16N4/c1-10-9-14(17-11(2)16-10)18-8-7-15-12-5-3-4-6-13(12)18/h3-6,9,15H,7-8H2,1-2H3. The van der Waals surface area contributed by atoms with E-state index in [1.807, 2.05) is 26.0 Å². The second-order valence-corrected chi connectivity index (χ2v) is 4.51. The molecule has 1 N–H and O–H groups in total. The summed E-state index contributed by atoms with van der Waals surface area (Å²) >= 11 is 0. The molecule has 0 saturated carbocycles. The second kappa shape index (κ2) is 4.29. The molecule has 1 aromatic heterocycles. The van der Waals surface area contributed by atoms with Crippen LogP contribution in [-0.4, -0.2) is 23.1 Å². The zero-order valence-corrected chi connectivity index (χ0v) is 10.6. The molecule has 1 aliphatic heterocycles. The fourth-order valence-corrected chi connectivity index (χ4v) is 2.35. The molecular formula is C14H16N4. The van der Waals surface area contributed by atoms with Gasteiger partial charge in [-0.3, -0.25) is 0 Å². The summed E-state index contributed by atoms with van der Waals surface area (Å²) in [6, 6.07) is 10.4. The van der Waals surface area contributed by atoms with E-state index in [1.165, 1.54) is 5.69 Å². The molecule has 0 spiro atoms. The first kappa shape index (κ1) is 11.0. The molecule has 2 heterocycles. The number of aromatic nitrogens is 2. The minimum absolute atomic E-state index is 0.820. The van der Waals surface area contributed by atoms with Gasteiger partial charge in [0.25, 0.3) is 0 Å². The van der Waals surface area contributed by atoms with E-state index in [2.05, 4.69) is 38.4 Å². The Morgan fingerprint density at radius 1 is 1.17 bits per heavy atom. The van der Waals surface area contributed by atoms with E-state index in [0.717, 1.165) is 36.1 Å². The molecule has 3 rings (SSSR count). The number of nitrogens with zero attached hydrogens (tertiary/aromatic N) is 3. The predicted octanol–water partition coefficient (Wildman–Crippen LogP) is 2.66. The lowest BCUT2D eigenvalue weighted by Gasteiger charge is -2.31. The van der Waals surface area contributed by atoms with Crippen LogP contribution >= 0.6 is 0 Å². The van der Waals surface area contributed by atoms with Crippen molar-refractivity contribution in [3.8, 4) is 0 Å². The van der Waals surface area contributed by atoms with Crippen LogP contribution in [0, 0.1) is 13.8 Å². The smallest absolute Gasteiger partial charge is 0.137 e.